The van der Waals surface area contributed by atoms with Crippen LogP contribution in [0, 0.1) is 5.92 Å². The Balaban J connectivity index is 1.49. The summed E-state index contributed by atoms with van der Waals surface area (Å²) in [5.41, 5.74) is 4.14. The zero-order chi connectivity index (χ0) is 22.7. The number of nitrogens with one attached hydrogen (secondary N) is 2. The first kappa shape index (κ1) is 21.5. The highest BCUT2D eigenvalue weighted by molar-refractivity contribution is 6.06. The van der Waals surface area contributed by atoms with Crippen LogP contribution in [0.15, 0.2) is 48.5 Å². The lowest BCUT2D eigenvalue weighted by atomic mass is 9.84. The minimum atomic E-state index is -0.515. The summed E-state index contributed by atoms with van der Waals surface area (Å²) in [6.07, 6.45) is 2.63. The maximum atomic E-state index is 13.1. The molecule has 1 heterocycles. The number of rotatable bonds is 5. The van der Waals surface area contributed by atoms with Crippen LogP contribution in [0.5, 0.6) is 0 Å². The standard InChI is InChI=1S/C25H25N3O4/c1-15-7-12-21-19(13-15)23(18-5-3-4-6-20(18)28-21)25(31)32-14-22(29)27-17-10-8-16(9-11-17)24(30)26-2/h3-6,8-11,15H,7,12-14H2,1-2H3,(H,26,30)(H,27,29). The molecule has 0 bridgehead atoms. The highest BCUT2D eigenvalue weighted by Crippen LogP contribution is 2.32. The van der Waals surface area contributed by atoms with Crippen LogP contribution in [0.1, 0.15) is 45.3 Å². The summed E-state index contributed by atoms with van der Waals surface area (Å²) in [4.78, 5) is 41.8. The second-order valence-corrected chi connectivity index (χ2v) is 8.06. The van der Waals surface area contributed by atoms with Crippen LogP contribution in [0.2, 0.25) is 0 Å². The number of aryl methyl sites for hydroxylation is 1. The Labute approximate surface area is 186 Å². The summed E-state index contributed by atoms with van der Waals surface area (Å²) < 4.78 is 5.41. The van der Waals surface area contributed by atoms with Crippen LogP contribution in [-0.4, -0.2) is 36.4 Å². The molecule has 0 radical (unpaired) electrons. The molecule has 1 unspecified atom stereocenters. The summed E-state index contributed by atoms with van der Waals surface area (Å²) in [6.45, 7) is 1.76. The van der Waals surface area contributed by atoms with Gasteiger partial charge < -0.3 is 15.4 Å². The molecule has 0 saturated carbocycles. The lowest BCUT2D eigenvalue weighted by Crippen LogP contribution is -2.23. The fourth-order valence-corrected chi connectivity index (χ4v) is 4.05. The second kappa shape index (κ2) is 9.18. The first-order chi connectivity index (χ1) is 15.5. The zero-order valence-electron chi connectivity index (χ0n) is 18.1. The van der Waals surface area contributed by atoms with Gasteiger partial charge in [-0.05, 0) is 61.1 Å². The fourth-order valence-electron chi connectivity index (χ4n) is 4.05. The van der Waals surface area contributed by atoms with Crippen LogP contribution in [0.25, 0.3) is 10.9 Å². The number of carbonyl (C=O) groups is 3. The number of pyridine rings is 1. The van der Waals surface area contributed by atoms with E-state index in [1.807, 2.05) is 24.3 Å². The van der Waals surface area contributed by atoms with Crippen molar-refractivity contribution in [1.82, 2.24) is 10.3 Å². The second-order valence-electron chi connectivity index (χ2n) is 8.06. The summed E-state index contributed by atoms with van der Waals surface area (Å²) >= 11 is 0. The molecule has 0 saturated heterocycles. The molecule has 7 heteroatoms. The number of para-hydroxylation sites is 1. The lowest BCUT2D eigenvalue weighted by Gasteiger charge is -2.24. The molecule has 32 heavy (non-hydrogen) atoms. The van der Waals surface area contributed by atoms with Crippen molar-refractivity contribution in [3.05, 3.63) is 70.9 Å². The van der Waals surface area contributed by atoms with Crippen LogP contribution >= 0.6 is 0 Å². The highest BCUT2D eigenvalue weighted by atomic mass is 16.5. The van der Waals surface area contributed by atoms with E-state index in [0.717, 1.165) is 41.4 Å². The van der Waals surface area contributed by atoms with Crippen molar-refractivity contribution >= 4 is 34.4 Å². The molecule has 1 aliphatic rings. The predicted molar refractivity (Wildman–Crippen MR) is 122 cm³/mol. The first-order valence-corrected chi connectivity index (χ1v) is 10.7. The normalized spacial score (nSPS) is 15.0. The van der Waals surface area contributed by atoms with Crippen LogP contribution in [-0.2, 0) is 22.4 Å². The molecule has 2 N–H and O–H groups in total. The molecule has 1 atom stereocenters. The van der Waals surface area contributed by atoms with Crippen molar-refractivity contribution in [2.24, 2.45) is 5.92 Å². The molecule has 164 valence electrons. The molecule has 1 aliphatic carbocycles. The Morgan fingerprint density at radius 2 is 1.84 bits per heavy atom. The van der Waals surface area contributed by atoms with Crippen molar-refractivity contribution in [2.75, 3.05) is 19.0 Å². The number of hydrogen-bond acceptors (Lipinski definition) is 5. The number of nitrogens with zero attached hydrogens (tertiary/aromatic N) is 1. The highest BCUT2D eigenvalue weighted by Gasteiger charge is 2.26. The van der Waals surface area contributed by atoms with Gasteiger partial charge in [0.05, 0.1) is 11.1 Å². The summed E-state index contributed by atoms with van der Waals surface area (Å²) in [6, 6.07) is 14.0. The van der Waals surface area contributed by atoms with Crippen LogP contribution in [0.4, 0.5) is 5.69 Å². The van der Waals surface area contributed by atoms with Gasteiger partial charge in [0.2, 0.25) is 0 Å². The third kappa shape index (κ3) is 4.46. The summed E-state index contributed by atoms with van der Waals surface area (Å²) in [5, 5.41) is 5.96. The van der Waals surface area contributed by atoms with Crippen molar-refractivity contribution in [3.8, 4) is 0 Å². The van der Waals surface area contributed by atoms with Crippen LogP contribution < -0.4 is 10.6 Å². The maximum absolute atomic E-state index is 13.1. The van der Waals surface area contributed by atoms with Gasteiger partial charge in [0.1, 0.15) is 0 Å². The zero-order valence-corrected chi connectivity index (χ0v) is 18.1. The van der Waals surface area contributed by atoms with E-state index in [1.165, 1.54) is 0 Å². The average Bonchev–Trinajstić information content (AvgIpc) is 2.81. The number of ether oxygens (including phenoxy) is 1. The van der Waals surface area contributed by atoms with Gasteiger partial charge in [-0.25, -0.2) is 4.79 Å². The third-order valence-electron chi connectivity index (χ3n) is 5.70. The number of carbonyl (C=O) groups excluding carboxylic acids is 3. The molecule has 0 aliphatic heterocycles. The van der Waals surface area contributed by atoms with Crippen molar-refractivity contribution in [2.45, 2.75) is 26.2 Å². The van der Waals surface area contributed by atoms with Gasteiger partial charge in [0.15, 0.2) is 6.61 Å². The van der Waals surface area contributed by atoms with E-state index in [9.17, 15) is 14.4 Å². The number of anilines is 1. The van der Waals surface area contributed by atoms with Crippen molar-refractivity contribution in [1.29, 1.82) is 0 Å². The van der Waals surface area contributed by atoms with Crippen molar-refractivity contribution in [3.63, 3.8) is 0 Å². The number of hydrogen-bond donors (Lipinski definition) is 2. The molecule has 4 rings (SSSR count). The number of benzene rings is 2. The van der Waals surface area contributed by atoms with Crippen LogP contribution in [0.3, 0.4) is 0 Å². The first-order valence-electron chi connectivity index (χ1n) is 10.7. The van der Waals surface area contributed by atoms with E-state index in [0.29, 0.717) is 22.7 Å². The van der Waals surface area contributed by atoms with E-state index < -0.39 is 18.5 Å². The molecule has 2 amide bonds. The molecule has 1 aromatic heterocycles. The number of fused-ring (bicyclic) bond motifs is 2. The summed E-state index contributed by atoms with van der Waals surface area (Å²) in [5.74, 6) is -0.720. The van der Waals surface area contributed by atoms with Gasteiger partial charge in [0.25, 0.3) is 11.8 Å². The Morgan fingerprint density at radius 1 is 1.09 bits per heavy atom. The SMILES string of the molecule is CNC(=O)c1ccc(NC(=O)COC(=O)c2c3c(nc4ccccc24)CCC(C)C3)cc1. The van der Waals surface area contributed by atoms with E-state index in [1.54, 1.807) is 31.3 Å². The minimum Gasteiger partial charge on any atom is -0.452 e. The largest absolute Gasteiger partial charge is 0.452 e. The Bertz CT molecular complexity index is 1190. The van der Waals surface area contributed by atoms with E-state index in [4.69, 9.17) is 9.72 Å². The van der Waals surface area contributed by atoms with E-state index in [2.05, 4.69) is 17.6 Å². The molecule has 3 aromatic rings. The quantitative estimate of drug-likeness (QED) is 0.603. The number of aromatic nitrogens is 1. The van der Waals surface area contributed by atoms with Gasteiger partial charge in [-0.2, -0.15) is 0 Å². The Kier molecular flexibility index (Phi) is 6.16. The summed E-state index contributed by atoms with van der Waals surface area (Å²) in [7, 11) is 1.55. The minimum absolute atomic E-state index is 0.209. The Morgan fingerprint density at radius 3 is 2.59 bits per heavy atom. The molecule has 2 aromatic carbocycles. The van der Waals surface area contributed by atoms with Gasteiger partial charge in [0, 0.05) is 29.4 Å². The third-order valence-corrected chi connectivity index (χ3v) is 5.70. The number of amides is 2. The lowest BCUT2D eigenvalue weighted by molar-refractivity contribution is -0.119. The molecule has 0 spiro atoms. The topological polar surface area (TPSA) is 97.4 Å². The fraction of sp³-hybridized carbons (Fsp3) is 0.280. The smallest absolute Gasteiger partial charge is 0.339 e. The van der Waals surface area contributed by atoms with E-state index >= 15 is 0 Å². The number of esters is 1. The average molecular weight is 431 g/mol. The Hall–Kier alpha value is -3.74. The molecule has 0 fully saturated rings. The van der Waals surface area contributed by atoms with Gasteiger partial charge in [-0.3, -0.25) is 14.6 Å². The van der Waals surface area contributed by atoms with Crippen molar-refractivity contribution < 1.29 is 19.1 Å². The molecular formula is C25H25N3O4. The maximum Gasteiger partial charge on any atom is 0.339 e. The molecular weight excluding hydrogens is 406 g/mol. The molecule has 7 nitrogen and oxygen atoms in total. The van der Waals surface area contributed by atoms with Gasteiger partial charge in [-0.1, -0.05) is 25.1 Å². The van der Waals surface area contributed by atoms with Gasteiger partial charge >= 0.3 is 5.97 Å². The monoisotopic (exact) mass is 431 g/mol. The van der Waals surface area contributed by atoms with E-state index in [-0.39, 0.29) is 5.91 Å². The van der Waals surface area contributed by atoms with Gasteiger partial charge in [-0.15, -0.1) is 0 Å². The predicted octanol–water partition coefficient (Wildman–Crippen LogP) is 3.51.